The highest BCUT2D eigenvalue weighted by Crippen LogP contribution is 2.22. The van der Waals surface area contributed by atoms with Crippen LogP contribution in [0.4, 0.5) is 5.82 Å². The van der Waals surface area contributed by atoms with Gasteiger partial charge in [-0.15, -0.1) is 0 Å². The van der Waals surface area contributed by atoms with Gasteiger partial charge in [-0.1, -0.05) is 17.7 Å². The van der Waals surface area contributed by atoms with Crippen molar-refractivity contribution in [3.8, 4) is 11.4 Å². The summed E-state index contributed by atoms with van der Waals surface area (Å²) < 4.78 is 12.5. The zero-order valence-electron chi connectivity index (χ0n) is 16.9. The summed E-state index contributed by atoms with van der Waals surface area (Å²) in [6.45, 7) is 5.52. The molecular weight excluding hydrogens is 382 g/mol. The van der Waals surface area contributed by atoms with Gasteiger partial charge in [0.2, 0.25) is 0 Å². The first-order chi connectivity index (χ1) is 14.4. The molecule has 0 aliphatic heterocycles. The Labute approximate surface area is 172 Å². The number of amides is 1. The first kappa shape index (κ1) is 19.4. The van der Waals surface area contributed by atoms with Crippen LogP contribution in [0.1, 0.15) is 16.8 Å². The SMILES string of the molecule is Cc1ccc(-n2nc(C)cc2NC(=O)COc2ccc3c(C)cc(=O)oc3c2)cc1. The molecule has 1 amide bonds. The predicted octanol–water partition coefficient (Wildman–Crippen LogP) is 3.92. The van der Waals surface area contributed by atoms with Crippen LogP contribution in [0.2, 0.25) is 0 Å². The van der Waals surface area contributed by atoms with E-state index in [0.717, 1.165) is 27.9 Å². The summed E-state index contributed by atoms with van der Waals surface area (Å²) in [5.41, 5.74) is 3.60. The first-order valence-electron chi connectivity index (χ1n) is 9.50. The fourth-order valence-electron chi connectivity index (χ4n) is 3.19. The van der Waals surface area contributed by atoms with E-state index >= 15 is 0 Å². The van der Waals surface area contributed by atoms with Crippen molar-refractivity contribution in [1.82, 2.24) is 9.78 Å². The van der Waals surface area contributed by atoms with Gasteiger partial charge >= 0.3 is 5.63 Å². The fraction of sp³-hybridized carbons (Fsp3) is 0.174. The second-order valence-corrected chi connectivity index (χ2v) is 7.16. The van der Waals surface area contributed by atoms with Crippen LogP contribution in [0.3, 0.4) is 0 Å². The molecule has 0 bridgehead atoms. The van der Waals surface area contributed by atoms with Gasteiger partial charge in [-0.05, 0) is 50.6 Å². The lowest BCUT2D eigenvalue weighted by atomic mass is 10.1. The quantitative estimate of drug-likeness (QED) is 0.511. The first-order valence-corrected chi connectivity index (χ1v) is 9.50. The highest BCUT2D eigenvalue weighted by Gasteiger charge is 2.12. The minimum Gasteiger partial charge on any atom is -0.484 e. The van der Waals surface area contributed by atoms with E-state index in [9.17, 15) is 9.59 Å². The van der Waals surface area contributed by atoms with Crippen LogP contribution in [0.5, 0.6) is 5.75 Å². The molecule has 4 aromatic rings. The summed E-state index contributed by atoms with van der Waals surface area (Å²) in [7, 11) is 0. The van der Waals surface area contributed by atoms with Gasteiger partial charge in [-0.25, -0.2) is 9.48 Å². The van der Waals surface area contributed by atoms with Crippen molar-refractivity contribution in [2.45, 2.75) is 20.8 Å². The van der Waals surface area contributed by atoms with Gasteiger partial charge in [0.05, 0.1) is 11.4 Å². The molecule has 0 aliphatic carbocycles. The van der Waals surface area contributed by atoms with Crippen LogP contribution < -0.4 is 15.7 Å². The van der Waals surface area contributed by atoms with Gasteiger partial charge < -0.3 is 14.5 Å². The average Bonchev–Trinajstić information content (AvgIpc) is 3.06. The molecule has 7 nitrogen and oxygen atoms in total. The molecular formula is C23H21N3O4. The third-order valence-corrected chi connectivity index (χ3v) is 4.67. The van der Waals surface area contributed by atoms with Gasteiger partial charge in [-0.2, -0.15) is 5.10 Å². The number of fused-ring (bicyclic) bond motifs is 1. The second-order valence-electron chi connectivity index (χ2n) is 7.16. The Morgan fingerprint density at radius 1 is 1.07 bits per heavy atom. The lowest BCUT2D eigenvalue weighted by molar-refractivity contribution is -0.118. The third-order valence-electron chi connectivity index (χ3n) is 4.67. The summed E-state index contributed by atoms with van der Waals surface area (Å²) in [5, 5.41) is 8.11. The Morgan fingerprint density at radius 2 is 1.83 bits per heavy atom. The molecule has 0 saturated carbocycles. The molecule has 2 aromatic carbocycles. The summed E-state index contributed by atoms with van der Waals surface area (Å²) in [4.78, 5) is 24.0. The maximum absolute atomic E-state index is 12.5. The summed E-state index contributed by atoms with van der Waals surface area (Å²) in [6.07, 6.45) is 0. The lowest BCUT2D eigenvalue weighted by Crippen LogP contribution is -2.21. The highest BCUT2D eigenvalue weighted by atomic mass is 16.5. The number of hydrogen-bond acceptors (Lipinski definition) is 5. The number of rotatable bonds is 5. The number of carbonyl (C=O) groups is 1. The molecule has 4 rings (SSSR count). The summed E-state index contributed by atoms with van der Waals surface area (Å²) in [6, 6.07) is 16.2. The number of hydrogen-bond donors (Lipinski definition) is 1. The Kier molecular flexibility index (Phi) is 5.10. The maximum atomic E-state index is 12.5. The van der Waals surface area contributed by atoms with E-state index in [2.05, 4.69) is 10.4 Å². The average molecular weight is 403 g/mol. The van der Waals surface area contributed by atoms with Gasteiger partial charge in [0.15, 0.2) is 6.61 Å². The number of anilines is 1. The second kappa shape index (κ2) is 7.87. The van der Waals surface area contributed by atoms with E-state index in [1.54, 1.807) is 28.9 Å². The minimum atomic E-state index is -0.422. The van der Waals surface area contributed by atoms with Crippen LogP contribution in [-0.2, 0) is 4.79 Å². The zero-order valence-corrected chi connectivity index (χ0v) is 16.9. The largest absolute Gasteiger partial charge is 0.484 e. The highest BCUT2D eigenvalue weighted by molar-refractivity contribution is 5.91. The number of nitrogens with zero attached hydrogens (tertiary/aromatic N) is 2. The molecule has 0 radical (unpaired) electrons. The van der Waals surface area contributed by atoms with Gasteiger partial charge in [0.25, 0.3) is 5.91 Å². The Balaban J connectivity index is 1.48. The molecule has 0 spiro atoms. The predicted molar refractivity (Wildman–Crippen MR) is 114 cm³/mol. The molecule has 2 heterocycles. The van der Waals surface area contributed by atoms with E-state index in [1.807, 2.05) is 45.0 Å². The number of benzene rings is 2. The van der Waals surface area contributed by atoms with E-state index in [4.69, 9.17) is 9.15 Å². The van der Waals surface area contributed by atoms with Crippen LogP contribution in [-0.4, -0.2) is 22.3 Å². The maximum Gasteiger partial charge on any atom is 0.336 e. The van der Waals surface area contributed by atoms with Crippen molar-refractivity contribution in [2.24, 2.45) is 0 Å². The van der Waals surface area contributed by atoms with E-state index in [0.29, 0.717) is 17.2 Å². The Morgan fingerprint density at radius 3 is 2.60 bits per heavy atom. The molecule has 0 aliphatic rings. The molecule has 7 heteroatoms. The van der Waals surface area contributed by atoms with E-state index in [-0.39, 0.29) is 12.5 Å². The molecule has 0 unspecified atom stereocenters. The molecule has 152 valence electrons. The lowest BCUT2D eigenvalue weighted by Gasteiger charge is -2.10. The van der Waals surface area contributed by atoms with Gasteiger partial charge in [0, 0.05) is 23.6 Å². The van der Waals surface area contributed by atoms with Crippen LogP contribution in [0.15, 0.2) is 63.8 Å². The van der Waals surface area contributed by atoms with Crippen molar-refractivity contribution in [3.63, 3.8) is 0 Å². The van der Waals surface area contributed by atoms with Crippen molar-refractivity contribution in [1.29, 1.82) is 0 Å². The van der Waals surface area contributed by atoms with Crippen LogP contribution >= 0.6 is 0 Å². The standard InChI is InChI=1S/C23H21N3O4/c1-14-4-6-17(7-5-14)26-21(11-16(3)25-26)24-22(27)13-29-18-8-9-19-15(2)10-23(28)30-20(19)12-18/h4-12H,13H2,1-3H3,(H,24,27). The Bertz CT molecular complexity index is 1290. The number of aryl methyl sites for hydroxylation is 3. The van der Waals surface area contributed by atoms with E-state index in [1.165, 1.54) is 6.07 Å². The minimum absolute atomic E-state index is 0.195. The summed E-state index contributed by atoms with van der Waals surface area (Å²) in [5.74, 6) is 0.675. The Hall–Kier alpha value is -3.87. The van der Waals surface area contributed by atoms with Crippen molar-refractivity contribution < 1.29 is 13.9 Å². The summed E-state index contributed by atoms with van der Waals surface area (Å²) >= 11 is 0. The van der Waals surface area contributed by atoms with Crippen LogP contribution in [0.25, 0.3) is 16.7 Å². The van der Waals surface area contributed by atoms with E-state index < -0.39 is 5.63 Å². The van der Waals surface area contributed by atoms with Crippen molar-refractivity contribution in [3.05, 3.63) is 81.8 Å². The number of carbonyl (C=O) groups excluding carboxylic acids is 1. The monoisotopic (exact) mass is 403 g/mol. The fourth-order valence-corrected chi connectivity index (χ4v) is 3.19. The molecule has 1 N–H and O–H groups in total. The van der Waals surface area contributed by atoms with Crippen molar-refractivity contribution in [2.75, 3.05) is 11.9 Å². The molecule has 0 atom stereocenters. The molecule has 2 aromatic heterocycles. The molecule has 30 heavy (non-hydrogen) atoms. The normalized spacial score (nSPS) is 10.9. The number of aromatic nitrogens is 2. The number of nitrogens with one attached hydrogen (secondary N) is 1. The smallest absolute Gasteiger partial charge is 0.336 e. The van der Waals surface area contributed by atoms with Crippen molar-refractivity contribution >= 4 is 22.7 Å². The number of ether oxygens (including phenoxy) is 1. The van der Waals surface area contributed by atoms with Crippen LogP contribution in [0, 0.1) is 20.8 Å². The third kappa shape index (κ3) is 4.10. The molecule has 0 saturated heterocycles. The molecule has 0 fully saturated rings. The zero-order chi connectivity index (χ0) is 21.3. The van der Waals surface area contributed by atoms with Gasteiger partial charge in [-0.3, -0.25) is 4.79 Å². The topological polar surface area (TPSA) is 86.4 Å². The van der Waals surface area contributed by atoms with Gasteiger partial charge in [0.1, 0.15) is 17.2 Å².